The Labute approximate surface area is 120 Å². The highest BCUT2D eigenvalue weighted by Crippen LogP contribution is 2.26. The Morgan fingerprint density at radius 1 is 1.00 bits per heavy atom. The number of pyridine rings is 1. The minimum Gasteiger partial charge on any atom is -0.255 e. The van der Waals surface area contributed by atoms with E-state index in [-0.39, 0.29) is 0 Å². The van der Waals surface area contributed by atoms with Gasteiger partial charge >= 0.3 is 0 Å². The van der Waals surface area contributed by atoms with Crippen molar-refractivity contribution in [2.75, 3.05) is 0 Å². The van der Waals surface area contributed by atoms with Crippen LogP contribution in [0.3, 0.4) is 0 Å². The van der Waals surface area contributed by atoms with Gasteiger partial charge in [0.15, 0.2) is 0 Å². The van der Waals surface area contributed by atoms with E-state index >= 15 is 0 Å². The molecule has 1 aromatic carbocycles. The fourth-order valence-electron chi connectivity index (χ4n) is 2.06. The third kappa shape index (κ3) is 2.90. The van der Waals surface area contributed by atoms with Crippen molar-refractivity contribution in [1.82, 2.24) is 4.98 Å². The van der Waals surface area contributed by atoms with Gasteiger partial charge in [-0.05, 0) is 56.0 Å². The molecule has 2 rings (SSSR count). The van der Waals surface area contributed by atoms with Crippen molar-refractivity contribution in [2.24, 2.45) is 0 Å². The first-order chi connectivity index (χ1) is 9.02. The predicted octanol–water partition coefficient (Wildman–Crippen LogP) is 4.96. The third-order valence-electron chi connectivity index (χ3n) is 3.43. The van der Waals surface area contributed by atoms with E-state index in [1.54, 1.807) is 0 Å². The molecule has 1 heterocycles. The van der Waals surface area contributed by atoms with Crippen molar-refractivity contribution in [1.29, 1.82) is 0 Å². The van der Waals surface area contributed by atoms with Gasteiger partial charge < -0.3 is 0 Å². The van der Waals surface area contributed by atoms with Crippen LogP contribution in [0.15, 0.2) is 36.5 Å². The van der Waals surface area contributed by atoms with E-state index in [0.717, 1.165) is 21.7 Å². The normalized spacial score (nSPS) is 11.7. The van der Waals surface area contributed by atoms with Crippen LogP contribution in [0.2, 0.25) is 0 Å². The first-order valence-electron chi connectivity index (χ1n) is 6.43. The SMILES string of the molecule is C/C=C(/S)c1ncc(-c2ccc(C)c(C)c2)cc1C. The first kappa shape index (κ1) is 13.9. The molecule has 0 bridgehead atoms. The minimum atomic E-state index is 0.920. The third-order valence-corrected chi connectivity index (χ3v) is 3.90. The van der Waals surface area contributed by atoms with Gasteiger partial charge in [0.1, 0.15) is 0 Å². The molecule has 0 saturated heterocycles. The summed E-state index contributed by atoms with van der Waals surface area (Å²) in [4.78, 5) is 5.45. The van der Waals surface area contributed by atoms with Crippen LogP contribution in [0.5, 0.6) is 0 Å². The minimum absolute atomic E-state index is 0.920. The molecule has 0 aliphatic carbocycles. The van der Waals surface area contributed by atoms with Gasteiger partial charge in [0.05, 0.1) is 5.69 Å². The van der Waals surface area contributed by atoms with Crippen LogP contribution in [0.1, 0.15) is 29.3 Å². The molecule has 0 N–H and O–H groups in total. The van der Waals surface area contributed by atoms with Crippen molar-refractivity contribution in [3.8, 4) is 11.1 Å². The summed E-state index contributed by atoms with van der Waals surface area (Å²) in [5.74, 6) is 0. The van der Waals surface area contributed by atoms with E-state index in [1.807, 2.05) is 19.2 Å². The van der Waals surface area contributed by atoms with Gasteiger partial charge in [-0.1, -0.05) is 24.3 Å². The highest BCUT2D eigenvalue weighted by molar-refractivity contribution is 7.90. The smallest absolute Gasteiger partial charge is 0.0789 e. The number of nitrogens with zero attached hydrogens (tertiary/aromatic N) is 1. The zero-order valence-electron chi connectivity index (χ0n) is 11.9. The van der Waals surface area contributed by atoms with Crippen molar-refractivity contribution >= 4 is 17.5 Å². The molecule has 2 aromatic rings. The standard InChI is InChI=1S/C17H19NS/c1-5-16(19)17-13(4)9-15(10-18-17)14-7-6-11(2)12(3)8-14/h5-10,19H,1-4H3/b16-5+. The summed E-state index contributed by atoms with van der Waals surface area (Å²) < 4.78 is 0. The summed E-state index contributed by atoms with van der Waals surface area (Å²) >= 11 is 4.44. The number of hydrogen-bond acceptors (Lipinski definition) is 2. The van der Waals surface area contributed by atoms with Gasteiger partial charge in [-0.15, -0.1) is 12.6 Å². The molecule has 0 atom stereocenters. The molecule has 0 radical (unpaired) electrons. The zero-order chi connectivity index (χ0) is 14.0. The number of rotatable bonds is 2. The molecule has 0 saturated carbocycles. The summed E-state index contributed by atoms with van der Waals surface area (Å²) in [6.07, 6.45) is 3.89. The topological polar surface area (TPSA) is 12.9 Å². The molecule has 0 unspecified atom stereocenters. The Hall–Kier alpha value is -1.54. The van der Waals surface area contributed by atoms with E-state index in [1.165, 1.54) is 16.7 Å². The van der Waals surface area contributed by atoms with Gasteiger partial charge in [-0.25, -0.2) is 0 Å². The number of benzene rings is 1. The fourth-order valence-corrected chi connectivity index (χ4v) is 2.29. The monoisotopic (exact) mass is 269 g/mol. The van der Waals surface area contributed by atoms with Crippen LogP contribution in [-0.4, -0.2) is 4.98 Å². The van der Waals surface area contributed by atoms with E-state index in [2.05, 4.69) is 62.6 Å². The Morgan fingerprint density at radius 3 is 2.26 bits per heavy atom. The lowest BCUT2D eigenvalue weighted by Gasteiger charge is -2.09. The molecule has 0 amide bonds. The van der Waals surface area contributed by atoms with Crippen LogP contribution >= 0.6 is 12.6 Å². The maximum absolute atomic E-state index is 4.53. The van der Waals surface area contributed by atoms with Crippen molar-refractivity contribution < 1.29 is 0 Å². The van der Waals surface area contributed by atoms with Gasteiger partial charge in [0.25, 0.3) is 0 Å². The van der Waals surface area contributed by atoms with Gasteiger partial charge in [0, 0.05) is 16.7 Å². The number of hydrogen-bond donors (Lipinski definition) is 1. The molecular formula is C17H19NS. The van der Waals surface area contributed by atoms with Crippen LogP contribution < -0.4 is 0 Å². The highest BCUT2D eigenvalue weighted by Gasteiger charge is 2.06. The summed E-state index contributed by atoms with van der Waals surface area (Å²) in [6, 6.07) is 8.69. The molecule has 98 valence electrons. The van der Waals surface area contributed by atoms with Crippen molar-refractivity contribution in [3.63, 3.8) is 0 Å². The molecule has 1 nitrogen and oxygen atoms in total. The van der Waals surface area contributed by atoms with Gasteiger partial charge in [-0.3, -0.25) is 4.98 Å². The Kier molecular flexibility index (Phi) is 4.11. The second kappa shape index (κ2) is 5.62. The lowest BCUT2D eigenvalue weighted by molar-refractivity contribution is 1.23. The number of aryl methyl sites for hydroxylation is 3. The molecular weight excluding hydrogens is 250 g/mol. The Bertz CT molecular complexity index is 642. The molecule has 0 aliphatic heterocycles. The van der Waals surface area contributed by atoms with Crippen LogP contribution in [0.25, 0.3) is 16.0 Å². The Morgan fingerprint density at radius 2 is 1.68 bits per heavy atom. The molecule has 1 aromatic heterocycles. The summed E-state index contributed by atoms with van der Waals surface area (Å²) in [5, 5.41) is 0. The van der Waals surface area contributed by atoms with Crippen LogP contribution in [-0.2, 0) is 0 Å². The van der Waals surface area contributed by atoms with E-state index in [4.69, 9.17) is 0 Å². The van der Waals surface area contributed by atoms with Crippen molar-refractivity contribution in [3.05, 3.63) is 58.9 Å². The number of allylic oxidation sites excluding steroid dienone is 1. The summed E-state index contributed by atoms with van der Waals surface area (Å²) in [7, 11) is 0. The molecule has 0 spiro atoms. The van der Waals surface area contributed by atoms with E-state index < -0.39 is 0 Å². The zero-order valence-corrected chi connectivity index (χ0v) is 12.8. The van der Waals surface area contributed by atoms with Gasteiger partial charge in [-0.2, -0.15) is 0 Å². The second-order valence-corrected chi connectivity index (χ2v) is 5.34. The lowest BCUT2D eigenvalue weighted by Crippen LogP contribution is -1.92. The molecule has 19 heavy (non-hydrogen) atoms. The summed E-state index contributed by atoms with van der Waals surface area (Å²) in [5.41, 5.74) is 7.10. The molecule has 0 fully saturated rings. The number of thiol groups is 1. The second-order valence-electron chi connectivity index (χ2n) is 4.86. The highest BCUT2D eigenvalue weighted by atomic mass is 32.1. The average molecular weight is 269 g/mol. The van der Waals surface area contributed by atoms with Crippen LogP contribution in [0.4, 0.5) is 0 Å². The quantitative estimate of drug-likeness (QED) is 0.760. The molecule has 2 heteroatoms. The maximum atomic E-state index is 4.53. The van der Waals surface area contributed by atoms with Crippen molar-refractivity contribution in [2.45, 2.75) is 27.7 Å². The maximum Gasteiger partial charge on any atom is 0.0789 e. The lowest BCUT2D eigenvalue weighted by atomic mass is 10.0. The average Bonchev–Trinajstić information content (AvgIpc) is 2.41. The predicted molar refractivity (Wildman–Crippen MR) is 86.5 cm³/mol. The largest absolute Gasteiger partial charge is 0.255 e. The number of aromatic nitrogens is 1. The fraction of sp³-hybridized carbons (Fsp3) is 0.235. The van der Waals surface area contributed by atoms with Crippen LogP contribution in [0, 0.1) is 20.8 Å². The Balaban J connectivity index is 2.47. The van der Waals surface area contributed by atoms with E-state index in [9.17, 15) is 0 Å². The molecule has 0 aliphatic rings. The van der Waals surface area contributed by atoms with E-state index in [0.29, 0.717) is 0 Å². The summed E-state index contributed by atoms with van der Waals surface area (Å²) in [6.45, 7) is 8.32. The van der Waals surface area contributed by atoms with Gasteiger partial charge in [0.2, 0.25) is 0 Å². The first-order valence-corrected chi connectivity index (χ1v) is 6.87.